The van der Waals surface area contributed by atoms with Crippen molar-refractivity contribution < 1.29 is 4.79 Å². The first-order valence-electron chi connectivity index (χ1n) is 8.00. The Balaban J connectivity index is 2.00. The number of hydrogen-bond donors (Lipinski definition) is 1. The van der Waals surface area contributed by atoms with E-state index in [9.17, 15) is 4.79 Å². The number of benzene rings is 2. The molecule has 0 aliphatic heterocycles. The van der Waals surface area contributed by atoms with Crippen LogP contribution in [-0.4, -0.2) is 10.9 Å². The van der Waals surface area contributed by atoms with E-state index in [0.717, 1.165) is 11.1 Å². The first-order chi connectivity index (χ1) is 12.0. The summed E-state index contributed by atoms with van der Waals surface area (Å²) in [6.45, 7) is 3.92. The Labute approximate surface area is 156 Å². The van der Waals surface area contributed by atoms with E-state index in [0.29, 0.717) is 10.2 Å². The maximum absolute atomic E-state index is 13.0. The van der Waals surface area contributed by atoms with Crippen LogP contribution in [0.3, 0.4) is 0 Å². The van der Waals surface area contributed by atoms with Crippen molar-refractivity contribution in [1.29, 1.82) is 0 Å². The predicted molar refractivity (Wildman–Crippen MR) is 104 cm³/mol. The molecule has 2 aromatic carbocycles. The molecule has 0 fully saturated rings. The first kappa shape index (κ1) is 17.6. The van der Waals surface area contributed by atoms with Crippen LogP contribution in [0, 0.1) is 5.41 Å². The van der Waals surface area contributed by atoms with Crippen LogP contribution in [0.1, 0.15) is 30.9 Å². The summed E-state index contributed by atoms with van der Waals surface area (Å²) >= 11 is 7.46. The lowest BCUT2D eigenvalue weighted by Gasteiger charge is -2.33. The number of thiazole rings is 1. The topological polar surface area (TPSA) is 42.0 Å². The summed E-state index contributed by atoms with van der Waals surface area (Å²) < 4.78 is 0. The van der Waals surface area contributed by atoms with Crippen LogP contribution < -0.4 is 5.32 Å². The molecule has 3 aromatic rings. The highest BCUT2D eigenvalue weighted by molar-refractivity contribution is 7.13. The fraction of sp³-hybridized carbons (Fsp3) is 0.200. The van der Waals surface area contributed by atoms with Crippen LogP contribution in [-0.2, 0) is 4.79 Å². The average molecular weight is 371 g/mol. The van der Waals surface area contributed by atoms with Gasteiger partial charge in [-0.2, -0.15) is 0 Å². The molecule has 3 rings (SSSR count). The van der Waals surface area contributed by atoms with Crippen molar-refractivity contribution in [3.8, 4) is 0 Å². The average Bonchev–Trinajstić information content (AvgIpc) is 3.11. The summed E-state index contributed by atoms with van der Waals surface area (Å²) in [4.78, 5) is 17.2. The van der Waals surface area contributed by atoms with Gasteiger partial charge in [-0.25, -0.2) is 4.98 Å². The molecule has 3 nitrogen and oxygen atoms in total. The number of hydrogen-bond acceptors (Lipinski definition) is 3. The van der Waals surface area contributed by atoms with Crippen LogP contribution in [0.15, 0.2) is 66.2 Å². The minimum atomic E-state index is -0.680. The number of carbonyl (C=O) groups excluding carboxylic acids is 1. The van der Waals surface area contributed by atoms with E-state index < -0.39 is 5.41 Å². The monoisotopic (exact) mass is 370 g/mol. The molecule has 0 saturated carbocycles. The van der Waals surface area contributed by atoms with E-state index in [1.54, 1.807) is 6.20 Å². The molecule has 0 radical (unpaired) electrons. The third kappa shape index (κ3) is 3.91. The molecule has 1 atom stereocenters. The van der Waals surface area contributed by atoms with Gasteiger partial charge in [0.25, 0.3) is 0 Å². The van der Waals surface area contributed by atoms with Crippen LogP contribution in [0.5, 0.6) is 0 Å². The lowest BCUT2D eigenvalue weighted by Crippen LogP contribution is -2.37. The lowest BCUT2D eigenvalue weighted by molar-refractivity contribution is -0.124. The summed E-state index contributed by atoms with van der Waals surface area (Å²) in [6.07, 6.45) is 1.68. The second-order valence-electron chi connectivity index (χ2n) is 6.41. The van der Waals surface area contributed by atoms with E-state index in [1.165, 1.54) is 11.3 Å². The standard InChI is InChI=1S/C20H19ClN2OS/c1-20(2,18(24)23-19-22-12-13-25-19)17(14-6-4-3-5-7-14)15-8-10-16(21)11-9-15/h3-13,17H,1-2H3,(H,22,23,24). The van der Waals surface area contributed by atoms with Crippen molar-refractivity contribution >= 4 is 34.0 Å². The largest absolute Gasteiger partial charge is 0.301 e. The molecule has 0 spiro atoms. The fourth-order valence-corrected chi connectivity index (χ4v) is 3.65. The summed E-state index contributed by atoms with van der Waals surface area (Å²) in [5.74, 6) is -0.169. The zero-order valence-corrected chi connectivity index (χ0v) is 15.6. The van der Waals surface area contributed by atoms with Gasteiger partial charge >= 0.3 is 0 Å². The molecular formula is C20H19ClN2OS. The summed E-state index contributed by atoms with van der Waals surface area (Å²) in [5, 5.41) is 6.07. The number of halogens is 1. The lowest BCUT2D eigenvalue weighted by atomic mass is 9.70. The maximum Gasteiger partial charge on any atom is 0.232 e. The Morgan fingerprint density at radius 1 is 1.08 bits per heavy atom. The van der Waals surface area contributed by atoms with Gasteiger partial charge in [0.1, 0.15) is 0 Å². The van der Waals surface area contributed by atoms with Gasteiger partial charge in [-0.1, -0.05) is 67.9 Å². The van der Waals surface area contributed by atoms with Crippen molar-refractivity contribution in [3.05, 3.63) is 82.3 Å². The second kappa shape index (κ2) is 7.38. The number of nitrogens with one attached hydrogen (secondary N) is 1. The van der Waals surface area contributed by atoms with Gasteiger partial charge in [0.15, 0.2) is 5.13 Å². The molecule has 5 heteroatoms. The van der Waals surface area contributed by atoms with Gasteiger partial charge < -0.3 is 5.32 Å². The molecule has 25 heavy (non-hydrogen) atoms. The van der Waals surface area contributed by atoms with E-state index in [1.807, 2.05) is 61.7 Å². The fourth-order valence-electron chi connectivity index (χ4n) is 3.00. The second-order valence-corrected chi connectivity index (χ2v) is 7.74. The van der Waals surface area contributed by atoms with Gasteiger partial charge in [0, 0.05) is 22.5 Å². The van der Waals surface area contributed by atoms with Crippen molar-refractivity contribution in [1.82, 2.24) is 4.98 Å². The van der Waals surface area contributed by atoms with Gasteiger partial charge in [0.2, 0.25) is 5.91 Å². The van der Waals surface area contributed by atoms with Crippen LogP contribution in [0.2, 0.25) is 5.02 Å². The van der Waals surface area contributed by atoms with Gasteiger partial charge in [-0.05, 0) is 23.3 Å². The van der Waals surface area contributed by atoms with E-state index in [2.05, 4.69) is 22.4 Å². The third-order valence-electron chi connectivity index (χ3n) is 4.30. The Bertz CT molecular complexity index is 830. The summed E-state index contributed by atoms with van der Waals surface area (Å²) in [6, 6.07) is 17.8. The van der Waals surface area contributed by atoms with Crippen molar-refractivity contribution in [2.24, 2.45) is 5.41 Å². The minimum absolute atomic E-state index is 0.0637. The Kier molecular flexibility index (Phi) is 5.21. The molecule has 0 aliphatic rings. The Morgan fingerprint density at radius 3 is 2.32 bits per heavy atom. The molecule has 1 N–H and O–H groups in total. The normalized spacial score (nSPS) is 12.6. The molecule has 0 bridgehead atoms. The molecular weight excluding hydrogens is 352 g/mol. The number of anilines is 1. The Hall–Kier alpha value is -2.17. The van der Waals surface area contributed by atoms with Crippen molar-refractivity contribution in [2.75, 3.05) is 5.32 Å². The zero-order valence-electron chi connectivity index (χ0n) is 14.1. The van der Waals surface area contributed by atoms with E-state index in [-0.39, 0.29) is 11.8 Å². The number of amides is 1. The smallest absolute Gasteiger partial charge is 0.232 e. The Morgan fingerprint density at radius 2 is 1.72 bits per heavy atom. The highest BCUT2D eigenvalue weighted by atomic mass is 35.5. The highest BCUT2D eigenvalue weighted by Gasteiger charge is 2.39. The van der Waals surface area contributed by atoms with Crippen LogP contribution in [0.25, 0.3) is 0 Å². The number of aromatic nitrogens is 1. The molecule has 128 valence electrons. The summed E-state index contributed by atoms with van der Waals surface area (Å²) in [7, 11) is 0. The molecule has 1 heterocycles. The summed E-state index contributed by atoms with van der Waals surface area (Å²) in [5.41, 5.74) is 1.46. The molecule has 0 saturated heterocycles. The first-order valence-corrected chi connectivity index (χ1v) is 9.25. The predicted octanol–water partition coefficient (Wildman–Crippen LogP) is 5.59. The van der Waals surface area contributed by atoms with E-state index in [4.69, 9.17) is 11.6 Å². The van der Waals surface area contributed by atoms with Crippen molar-refractivity contribution in [3.63, 3.8) is 0 Å². The van der Waals surface area contributed by atoms with Gasteiger partial charge in [0.05, 0.1) is 5.41 Å². The molecule has 0 aliphatic carbocycles. The van der Waals surface area contributed by atoms with Gasteiger partial charge in [-0.15, -0.1) is 11.3 Å². The molecule has 1 amide bonds. The highest BCUT2D eigenvalue weighted by Crippen LogP contribution is 2.42. The van der Waals surface area contributed by atoms with Crippen LogP contribution >= 0.6 is 22.9 Å². The quantitative estimate of drug-likeness (QED) is 0.635. The maximum atomic E-state index is 13.0. The number of nitrogens with zero attached hydrogens (tertiary/aromatic N) is 1. The van der Waals surface area contributed by atoms with E-state index >= 15 is 0 Å². The van der Waals surface area contributed by atoms with Crippen LogP contribution in [0.4, 0.5) is 5.13 Å². The zero-order chi connectivity index (χ0) is 17.9. The molecule has 1 aromatic heterocycles. The van der Waals surface area contributed by atoms with Crippen molar-refractivity contribution in [2.45, 2.75) is 19.8 Å². The number of carbonyl (C=O) groups is 1. The third-order valence-corrected chi connectivity index (χ3v) is 5.24. The molecule has 1 unspecified atom stereocenters. The minimum Gasteiger partial charge on any atom is -0.301 e. The van der Waals surface area contributed by atoms with Gasteiger partial charge in [-0.3, -0.25) is 4.79 Å². The SMILES string of the molecule is CC(C)(C(=O)Nc1nccs1)C(c1ccccc1)c1ccc(Cl)cc1. The number of rotatable bonds is 5.